The molecule has 1 N–H and O–H groups in total. The van der Waals surface area contributed by atoms with E-state index >= 15 is 0 Å². The number of carbonyl (C=O) groups is 1. The SMILES string of the molecule is Cc1ccc(NC(=O)c2ccn(Cn3nc(C)cc3C)n2)c(OC(F)F)c1. The first-order chi connectivity index (χ1) is 12.8. The van der Waals surface area contributed by atoms with Crippen molar-refractivity contribution >= 4 is 11.6 Å². The molecule has 9 heteroatoms. The number of hydrogen-bond donors (Lipinski definition) is 1. The molecule has 0 bridgehead atoms. The maximum Gasteiger partial charge on any atom is 0.387 e. The van der Waals surface area contributed by atoms with E-state index in [0.29, 0.717) is 6.67 Å². The predicted octanol–water partition coefficient (Wildman–Crippen LogP) is 3.36. The summed E-state index contributed by atoms with van der Waals surface area (Å²) in [4.78, 5) is 12.4. The van der Waals surface area contributed by atoms with Crippen LogP contribution in [-0.4, -0.2) is 32.1 Å². The summed E-state index contributed by atoms with van der Waals surface area (Å²) < 4.78 is 33.0. The number of carbonyl (C=O) groups excluding carboxylic acids is 1. The molecule has 27 heavy (non-hydrogen) atoms. The van der Waals surface area contributed by atoms with E-state index in [4.69, 9.17) is 0 Å². The van der Waals surface area contributed by atoms with Crippen LogP contribution in [0.5, 0.6) is 5.75 Å². The number of anilines is 1. The molecule has 0 spiro atoms. The second kappa shape index (κ2) is 7.56. The lowest BCUT2D eigenvalue weighted by atomic mass is 10.2. The van der Waals surface area contributed by atoms with Crippen molar-refractivity contribution in [2.45, 2.75) is 34.1 Å². The number of aromatic nitrogens is 4. The summed E-state index contributed by atoms with van der Waals surface area (Å²) in [5.41, 5.74) is 2.91. The van der Waals surface area contributed by atoms with Gasteiger partial charge in [0.05, 0.1) is 11.4 Å². The number of ether oxygens (including phenoxy) is 1. The van der Waals surface area contributed by atoms with Gasteiger partial charge in [-0.2, -0.15) is 19.0 Å². The number of nitrogens with zero attached hydrogens (tertiary/aromatic N) is 4. The van der Waals surface area contributed by atoms with E-state index in [0.717, 1.165) is 17.0 Å². The van der Waals surface area contributed by atoms with Gasteiger partial charge < -0.3 is 10.1 Å². The van der Waals surface area contributed by atoms with Crippen LogP contribution >= 0.6 is 0 Å². The molecular weight excluding hydrogens is 356 g/mol. The van der Waals surface area contributed by atoms with Gasteiger partial charge in [0.2, 0.25) is 0 Å². The summed E-state index contributed by atoms with van der Waals surface area (Å²) >= 11 is 0. The topological polar surface area (TPSA) is 74.0 Å². The van der Waals surface area contributed by atoms with Crippen LogP contribution in [0.2, 0.25) is 0 Å². The standard InChI is InChI=1S/C18H19F2N5O2/c1-11-4-5-14(16(8-11)27-18(19)20)21-17(26)15-6-7-24(23-15)10-25-13(3)9-12(2)22-25/h4-9,18H,10H2,1-3H3,(H,21,26). The molecule has 1 aromatic carbocycles. The highest BCUT2D eigenvalue weighted by atomic mass is 19.3. The van der Waals surface area contributed by atoms with Gasteiger partial charge in [-0.05, 0) is 50.6 Å². The fraction of sp³-hybridized carbons (Fsp3) is 0.278. The first-order valence-corrected chi connectivity index (χ1v) is 8.23. The largest absolute Gasteiger partial charge is 0.433 e. The Bertz CT molecular complexity index is 965. The molecule has 142 valence electrons. The summed E-state index contributed by atoms with van der Waals surface area (Å²) in [6, 6.07) is 8.12. The highest BCUT2D eigenvalue weighted by molar-refractivity contribution is 6.03. The summed E-state index contributed by atoms with van der Waals surface area (Å²) in [5, 5.41) is 11.1. The molecule has 1 amide bonds. The molecule has 3 aromatic rings. The van der Waals surface area contributed by atoms with Crippen molar-refractivity contribution in [1.29, 1.82) is 0 Å². The van der Waals surface area contributed by atoms with Crippen LogP contribution in [0.15, 0.2) is 36.5 Å². The van der Waals surface area contributed by atoms with Crippen LogP contribution in [0.25, 0.3) is 0 Å². The minimum atomic E-state index is -2.98. The van der Waals surface area contributed by atoms with Gasteiger partial charge in [0, 0.05) is 11.9 Å². The van der Waals surface area contributed by atoms with Gasteiger partial charge in [-0.15, -0.1) is 0 Å². The van der Waals surface area contributed by atoms with Crippen molar-refractivity contribution in [3.63, 3.8) is 0 Å². The molecule has 0 radical (unpaired) electrons. The second-order valence-corrected chi connectivity index (χ2v) is 6.14. The molecule has 2 aromatic heterocycles. The number of alkyl halides is 2. The molecular formula is C18H19F2N5O2. The molecule has 0 fully saturated rings. The van der Waals surface area contributed by atoms with Crippen LogP contribution in [0.3, 0.4) is 0 Å². The number of hydrogen-bond acceptors (Lipinski definition) is 4. The van der Waals surface area contributed by atoms with E-state index in [1.165, 1.54) is 12.1 Å². The molecule has 0 aliphatic carbocycles. The Hall–Kier alpha value is -3.23. The molecule has 0 aliphatic heterocycles. The third-order valence-electron chi connectivity index (χ3n) is 3.86. The highest BCUT2D eigenvalue weighted by Crippen LogP contribution is 2.27. The lowest BCUT2D eigenvalue weighted by Crippen LogP contribution is -2.16. The Morgan fingerprint density at radius 1 is 1.19 bits per heavy atom. The quantitative estimate of drug-likeness (QED) is 0.717. The monoisotopic (exact) mass is 375 g/mol. The van der Waals surface area contributed by atoms with Crippen molar-refractivity contribution < 1.29 is 18.3 Å². The number of aryl methyl sites for hydroxylation is 3. The van der Waals surface area contributed by atoms with Gasteiger partial charge >= 0.3 is 6.61 Å². The summed E-state index contributed by atoms with van der Waals surface area (Å²) in [7, 11) is 0. The van der Waals surface area contributed by atoms with Crippen LogP contribution in [0.1, 0.15) is 27.4 Å². The van der Waals surface area contributed by atoms with Crippen molar-refractivity contribution in [3.05, 3.63) is 59.2 Å². The Labute approximate surface area is 154 Å². The Morgan fingerprint density at radius 3 is 2.63 bits per heavy atom. The van der Waals surface area contributed by atoms with Gasteiger partial charge in [-0.1, -0.05) is 6.07 Å². The maximum atomic E-state index is 12.6. The first-order valence-electron chi connectivity index (χ1n) is 8.23. The second-order valence-electron chi connectivity index (χ2n) is 6.14. The molecule has 0 unspecified atom stereocenters. The smallest absolute Gasteiger partial charge is 0.387 e. The van der Waals surface area contributed by atoms with Gasteiger partial charge in [0.1, 0.15) is 12.4 Å². The van der Waals surface area contributed by atoms with Crippen LogP contribution in [0, 0.1) is 20.8 Å². The fourth-order valence-corrected chi connectivity index (χ4v) is 2.63. The van der Waals surface area contributed by atoms with E-state index < -0.39 is 12.5 Å². The number of halogens is 2. The van der Waals surface area contributed by atoms with Crippen molar-refractivity contribution in [2.24, 2.45) is 0 Å². The van der Waals surface area contributed by atoms with Gasteiger partial charge in [0.15, 0.2) is 5.69 Å². The van der Waals surface area contributed by atoms with Crippen LogP contribution in [-0.2, 0) is 6.67 Å². The molecule has 2 heterocycles. The van der Waals surface area contributed by atoms with E-state index in [2.05, 4.69) is 20.3 Å². The van der Waals surface area contributed by atoms with Crippen molar-refractivity contribution in [2.75, 3.05) is 5.32 Å². The Kier molecular flexibility index (Phi) is 5.20. The lowest BCUT2D eigenvalue weighted by Gasteiger charge is -2.12. The third-order valence-corrected chi connectivity index (χ3v) is 3.86. The summed E-state index contributed by atoms with van der Waals surface area (Å²) in [5.74, 6) is -0.620. The maximum absolute atomic E-state index is 12.6. The average molecular weight is 375 g/mol. The number of nitrogens with one attached hydrogen (secondary N) is 1. The number of amides is 1. The zero-order valence-corrected chi connectivity index (χ0v) is 15.1. The molecule has 0 aliphatic rings. The minimum absolute atomic E-state index is 0.0968. The molecule has 3 rings (SSSR count). The average Bonchev–Trinajstić information content (AvgIpc) is 3.16. The number of benzene rings is 1. The lowest BCUT2D eigenvalue weighted by molar-refractivity contribution is -0.0494. The summed E-state index contributed by atoms with van der Waals surface area (Å²) in [6.45, 7) is 2.94. The van der Waals surface area contributed by atoms with E-state index in [1.807, 2.05) is 19.9 Å². The van der Waals surface area contributed by atoms with E-state index in [-0.39, 0.29) is 17.1 Å². The Morgan fingerprint density at radius 2 is 1.96 bits per heavy atom. The predicted molar refractivity (Wildman–Crippen MR) is 95.1 cm³/mol. The van der Waals surface area contributed by atoms with Crippen molar-refractivity contribution in [3.8, 4) is 5.75 Å². The minimum Gasteiger partial charge on any atom is -0.433 e. The van der Waals surface area contributed by atoms with Crippen molar-refractivity contribution in [1.82, 2.24) is 19.6 Å². The molecule has 7 nitrogen and oxygen atoms in total. The molecule has 0 atom stereocenters. The zero-order valence-electron chi connectivity index (χ0n) is 15.1. The van der Waals surface area contributed by atoms with Crippen LogP contribution < -0.4 is 10.1 Å². The van der Waals surface area contributed by atoms with Gasteiger partial charge in [0.25, 0.3) is 5.91 Å². The van der Waals surface area contributed by atoms with Gasteiger partial charge in [-0.3, -0.25) is 9.48 Å². The third kappa shape index (κ3) is 4.49. The zero-order chi connectivity index (χ0) is 19.6. The highest BCUT2D eigenvalue weighted by Gasteiger charge is 2.15. The molecule has 0 saturated heterocycles. The first kappa shape index (κ1) is 18.6. The van der Waals surface area contributed by atoms with E-state index in [9.17, 15) is 13.6 Å². The normalized spacial score (nSPS) is 11.0. The van der Waals surface area contributed by atoms with Gasteiger partial charge in [-0.25, -0.2) is 4.68 Å². The molecule has 0 saturated carbocycles. The van der Waals surface area contributed by atoms with E-state index in [1.54, 1.807) is 34.6 Å². The Balaban J connectivity index is 1.74. The van der Waals surface area contributed by atoms with Crippen LogP contribution in [0.4, 0.5) is 14.5 Å². The fourth-order valence-electron chi connectivity index (χ4n) is 2.63. The number of rotatable bonds is 6. The summed E-state index contributed by atoms with van der Waals surface area (Å²) in [6.07, 6.45) is 1.65.